The van der Waals surface area contributed by atoms with Crippen LogP contribution in [0, 0.1) is 0 Å². The highest BCUT2D eigenvalue weighted by atomic mass is 35.5. The fourth-order valence-corrected chi connectivity index (χ4v) is 1.96. The first-order valence-electron chi connectivity index (χ1n) is 6.88. The van der Waals surface area contributed by atoms with E-state index in [4.69, 9.17) is 25.8 Å². The number of methoxy groups -OCH3 is 1. The summed E-state index contributed by atoms with van der Waals surface area (Å²) in [5, 5.41) is 0.526. The molecule has 2 rings (SSSR count). The lowest BCUT2D eigenvalue weighted by atomic mass is 10.2. The van der Waals surface area contributed by atoms with E-state index in [-0.39, 0.29) is 18.1 Å². The fraction of sp³-hybridized carbons (Fsp3) is 0.176. The first-order chi connectivity index (χ1) is 11.0. The van der Waals surface area contributed by atoms with Gasteiger partial charge in [-0.3, -0.25) is 0 Å². The Kier molecular flexibility index (Phi) is 5.60. The molecule has 0 spiro atoms. The molecule has 0 saturated carbocycles. The molecule has 0 aliphatic carbocycles. The molecule has 0 bridgehead atoms. The van der Waals surface area contributed by atoms with E-state index in [0.29, 0.717) is 16.1 Å². The molecule has 0 radical (unpaired) electrons. The maximum atomic E-state index is 12.1. The average molecular weight is 335 g/mol. The summed E-state index contributed by atoms with van der Waals surface area (Å²) in [5.41, 5.74) is 0.668. The molecule has 0 fully saturated rings. The number of benzene rings is 2. The Hall–Kier alpha value is -2.53. The van der Waals surface area contributed by atoms with Crippen molar-refractivity contribution in [2.24, 2.45) is 0 Å². The summed E-state index contributed by atoms with van der Waals surface area (Å²) < 4.78 is 15.4. The number of ether oxygens (including phenoxy) is 3. The number of esters is 2. The van der Waals surface area contributed by atoms with Crippen molar-refractivity contribution in [3.63, 3.8) is 0 Å². The maximum Gasteiger partial charge on any atom is 0.343 e. The molecule has 0 unspecified atom stereocenters. The minimum atomic E-state index is -0.552. The molecule has 5 nitrogen and oxygen atoms in total. The highest BCUT2D eigenvalue weighted by Gasteiger charge is 2.15. The summed E-state index contributed by atoms with van der Waals surface area (Å²) in [6, 6.07) is 10.8. The van der Waals surface area contributed by atoms with Crippen LogP contribution in [0.2, 0.25) is 5.02 Å². The smallest absolute Gasteiger partial charge is 0.343 e. The van der Waals surface area contributed by atoms with Gasteiger partial charge in [-0.05, 0) is 49.4 Å². The lowest BCUT2D eigenvalue weighted by Crippen LogP contribution is -2.10. The quantitative estimate of drug-likeness (QED) is 0.615. The van der Waals surface area contributed by atoms with E-state index >= 15 is 0 Å². The number of carbonyl (C=O) groups is 2. The van der Waals surface area contributed by atoms with E-state index in [1.807, 2.05) is 0 Å². The molecular weight excluding hydrogens is 320 g/mol. The van der Waals surface area contributed by atoms with Gasteiger partial charge in [-0.1, -0.05) is 11.6 Å². The van der Waals surface area contributed by atoms with Crippen molar-refractivity contribution in [2.45, 2.75) is 6.92 Å². The van der Waals surface area contributed by atoms with Gasteiger partial charge < -0.3 is 14.2 Å². The Balaban J connectivity index is 2.20. The van der Waals surface area contributed by atoms with Crippen LogP contribution in [0.15, 0.2) is 42.5 Å². The van der Waals surface area contributed by atoms with Crippen LogP contribution in [0.3, 0.4) is 0 Å². The fourth-order valence-electron chi connectivity index (χ4n) is 1.84. The van der Waals surface area contributed by atoms with Crippen molar-refractivity contribution in [3.05, 3.63) is 58.6 Å². The van der Waals surface area contributed by atoms with Gasteiger partial charge in [-0.15, -0.1) is 0 Å². The topological polar surface area (TPSA) is 61.8 Å². The van der Waals surface area contributed by atoms with Crippen LogP contribution >= 0.6 is 11.6 Å². The van der Waals surface area contributed by atoms with Crippen molar-refractivity contribution < 1.29 is 23.8 Å². The van der Waals surface area contributed by atoms with Gasteiger partial charge >= 0.3 is 11.9 Å². The summed E-state index contributed by atoms with van der Waals surface area (Å²) in [5.74, 6) is -0.552. The number of carbonyl (C=O) groups excluding carboxylic acids is 2. The standard InChI is InChI=1S/C17H15ClO5/c1-3-22-16(19)12-6-9-14(15(10-12)21-2)23-17(20)11-4-7-13(18)8-5-11/h4-10H,3H2,1-2H3. The van der Waals surface area contributed by atoms with Crippen molar-refractivity contribution in [1.29, 1.82) is 0 Å². The molecule has 0 aliphatic rings. The zero-order valence-corrected chi connectivity index (χ0v) is 13.4. The van der Waals surface area contributed by atoms with Crippen LogP contribution in [0.1, 0.15) is 27.6 Å². The minimum absolute atomic E-state index is 0.209. The lowest BCUT2D eigenvalue weighted by Gasteiger charge is -2.10. The van der Waals surface area contributed by atoms with E-state index < -0.39 is 11.9 Å². The predicted molar refractivity (Wildman–Crippen MR) is 85.4 cm³/mol. The molecule has 0 saturated heterocycles. The first-order valence-corrected chi connectivity index (χ1v) is 7.26. The van der Waals surface area contributed by atoms with Gasteiger partial charge in [0, 0.05) is 5.02 Å². The highest BCUT2D eigenvalue weighted by Crippen LogP contribution is 2.29. The maximum absolute atomic E-state index is 12.1. The van der Waals surface area contributed by atoms with E-state index in [1.165, 1.54) is 25.3 Å². The Bertz CT molecular complexity index is 709. The van der Waals surface area contributed by atoms with Gasteiger partial charge in [0.15, 0.2) is 11.5 Å². The summed E-state index contributed by atoms with van der Waals surface area (Å²) in [4.78, 5) is 23.8. The molecule has 0 heterocycles. The molecule has 120 valence electrons. The zero-order valence-electron chi connectivity index (χ0n) is 12.7. The normalized spacial score (nSPS) is 10.0. The number of hydrogen-bond donors (Lipinski definition) is 0. The monoisotopic (exact) mass is 334 g/mol. The molecule has 2 aromatic carbocycles. The molecule has 0 aromatic heterocycles. The molecular formula is C17H15ClO5. The SMILES string of the molecule is CCOC(=O)c1ccc(OC(=O)c2ccc(Cl)cc2)c(OC)c1. The third-order valence-electron chi connectivity index (χ3n) is 2.96. The van der Waals surface area contributed by atoms with Crippen LogP contribution in [0.25, 0.3) is 0 Å². The van der Waals surface area contributed by atoms with Crippen molar-refractivity contribution in [2.75, 3.05) is 13.7 Å². The number of halogens is 1. The Morgan fingerprint density at radius 2 is 1.61 bits per heavy atom. The van der Waals surface area contributed by atoms with Crippen molar-refractivity contribution >= 4 is 23.5 Å². The average Bonchev–Trinajstić information content (AvgIpc) is 2.56. The summed E-state index contributed by atoms with van der Waals surface area (Å²) >= 11 is 5.78. The molecule has 0 aliphatic heterocycles. The number of rotatable bonds is 5. The Morgan fingerprint density at radius 3 is 2.22 bits per heavy atom. The summed E-state index contributed by atoms with van der Waals surface area (Å²) in [6.07, 6.45) is 0. The van der Waals surface area contributed by atoms with Gasteiger partial charge in [0.25, 0.3) is 0 Å². The molecule has 0 atom stereocenters. The number of hydrogen-bond acceptors (Lipinski definition) is 5. The molecule has 23 heavy (non-hydrogen) atoms. The summed E-state index contributed by atoms with van der Waals surface area (Å²) in [6.45, 7) is 1.99. The van der Waals surface area contributed by atoms with Crippen molar-refractivity contribution in [1.82, 2.24) is 0 Å². The van der Waals surface area contributed by atoms with E-state index in [2.05, 4.69) is 0 Å². The predicted octanol–water partition coefficient (Wildman–Crippen LogP) is 3.74. The van der Waals surface area contributed by atoms with E-state index in [9.17, 15) is 9.59 Å². The van der Waals surface area contributed by atoms with Crippen LogP contribution in [0.4, 0.5) is 0 Å². The largest absolute Gasteiger partial charge is 0.493 e. The van der Waals surface area contributed by atoms with Crippen LogP contribution < -0.4 is 9.47 Å². The molecule has 6 heteroatoms. The third-order valence-corrected chi connectivity index (χ3v) is 3.21. The van der Waals surface area contributed by atoms with Crippen LogP contribution in [-0.2, 0) is 4.74 Å². The second-order valence-corrected chi connectivity index (χ2v) is 4.92. The second kappa shape index (κ2) is 7.65. The first kappa shape index (κ1) is 16.8. The molecule has 0 amide bonds. The zero-order chi connectivity index (χ0) is 16.8. The molecule has 0 N–H and O–H groups in total. The minimum Gasteiger partial charge on any atom is -0.493 e. The van der Waals surface area contributed by atoms with Gasteiger partial charge in [0.05, 0.1) is 24.8 Å². The van der Waals surface area contributed by atoms with Gasteiger partial charge in [-0.25, -0.2) is 9.59 Å². The highest BCUT2D eigenvalue weighted by molar-refractivity contribution is 6.30. The van der Waals surface area contributed by atoms with E-state index in [0.717, 1.165) is 0 Å². The van der Waals surface area contributed by atoms with Crippen LogP contribution in [-0.4, -0.2) is 25.7 Å². The lowest BCUT2D eigenvalue weighted by molar-refractivity contribution is 0.0526. The Labute approximate surface area is 138 Å². The van der Waals surface area contributed by atoms with E-state index in [1.54, 1.807) is 31.2 Å². The van der Waals surface area contributed by atoms with Gasteiger partial charge in [0.1, 0.15) is 0 Å². The second-order valence-electron chi connectivity index (χ2n) is 4.48. The van der Waals surface area contributed by atoms with Crippen molar-refractivity contribution in [3.8, 4) is 11.5 Å². The molecule has 2 aromatic rings. The van der Waals surface area contributed by atoms with Gasteiger partial charge in [0.2, 0.25) is 0 Å². The third kappa shape index (κ3) is 4.23. The summed E-state index contributed by atoms with van der Waals surface area (Å²) in [7, 11) is 1.42. The Morgan fingerprint density at radius 1 is 0.957 bits per heavy atom. The van der Waals surface area contributed by atoms with Gasteiger partial charge in [-0.2, -0.15) is 0 Å². The van der Waals surface area contributed by atoms with Crippen LogP contribution in [0.5, 0.6) is 11.5 Å².